The first-order chi connectivity index (χ1) is 12.7. The van der Waals surface area contributed by atoms with Gasteiger partial charge in [-0.2, -0.15) is 0 Å². The minimum atomic E-state index is -0.0415. The Morgan fingerprint density at radius 1 is 1.35 bits per heavy atom. The minimum Gasteiger partial charge on any atom is -0.340 e. The number of H-pyrrole nitrogens is 1. The zero-order valence-corrected chi connectivity index (χ0v) is 15.0. The summed E-state index contributed by atoms with van der Waals surface area (Å²) in [5.74, 6) is 1.49. The first kappa shape index (κ1) is 16.7. The molecule has 1 aromatic carbocycles. The zero-order valence-electron chi connectivity index (χ0n) is 15.0. The highest BCUT2D eigenvalue weighted by Gasteiger charge is 2.33. The lowest BCUT2D eigenvalue weighted by atomic mass is 10.2. The van der Waals surface area contributed by atoms with Gasteiger partial charge in [0.05, 0.1) is 29.2 Å². The lowest BCUT2D eigenvalue weighted by molar-refractivity contribution is 0.0729. The Labute approximate surface area is 151 Å². The van der Waals surface area contributed by atoms with Gasteiger partial charge >= 0.3 is 0 Å². The molecule has 4 rings (SSSR count). The smallest absolute Gasteiger partial charge is 0.257 e. The first-order valence-electron chi connectivity index (χ1n) is 8.88. The van der Waals surface area contributed by atoms with E-state index >= 15 is 0 Å². The molecule has 26 heavy (non-hydrogen) atoms. The largest absolute Gasteiger partial charge is 0.340 e. The number of hydrogen-bond donors (Lipinski definition) is 2. The van der Waals surface area contributed by atoms with Crippen molar-refractivity contribution in [3.63, 3.8) is 0 Å². The van der Waals surface area contributed by atoms with Gasteiger partial charge in [-0.25, -0.2) is 15.0 Å². The summed E-state index contributed by atoms with van der Waals surface area (Å²) in [6.45, 7) is 3.36. The molecule has 3 aromatic rings. The van der Waals surface area contributed by atoms with E-state index in [-0.39, 0.29) is 11.9 Å². The van der Waals surface area contributed by atoms with Crippen LogP contribution in [0.4, 0.5) is 0 Å². The van der Waals surface area contributed by atoms with Crippen LogP contribution in [0, 0.1) is 6.92 Å². The lowest BCUT2D eigenvalue weighted by Crippen LogP contribution is -2.31. The van der Waals surface area contributed by atoms with E-state index in [1.165, 1.54) is 5.56 Å². The molecule has 1 amide bonds. The number of nitrogens with zero attached hydrogens (tertiary/aromatic N) is 4. The van der Waals surface area contributed by atoms with Crippen molar-refractivity contribution in [1.82, 2.24) is 30.2 Å². The topological polar surface area (TPSA) is 86.8 Å². The van der Waals surface area contributed by atoms with Gasteiger partial charge in [-0.1, -0.05) is 6.07 Å². The third-order valence-electron chi connectivity index (χ3n) is 4.77. The van der Waals surface area contributed by atoms with Crippen LogP contribution in [-0.2, 0) is 6.54 Å². The number of nitrogens with one attached hydrogen (secondary N) is 2. The van der Waals surface area contributed by atoms with Gasteiger partial charge in [-0.15, -0.1) is 0 Å². The van der Waals surface area contributed by atoms with Crippen LogP contribution in [0.1, 0.15) is 46.5 Å². The number of aromatic nitrogens is 4. The van der Waals surface area contributed by atoms with E-state index in [0.717, 1.165) is 36.2 Å². The molecule has 0 spiro atoms. The van der Waals surface area contributed by atoms with Gasteiger partial charge in [0.1, 0.15) is 11.6 Å². The van der Waals surface area contributed by atoms with Crippen LogP contribution >= 0.6 is 0 Å². The summed E-state index contributed by atoms with van der Waals surface area (Å²) < 4.78 is 0. The molecule has 1 fully saturated rings. The highest BCUT2D eigenvalue weighted by atomic mass is 16.2. The molecular formula is C19H22N6O. The maximum absolute atomic E-state index is 13.0. The number of fused-ring (bicyclic) bond motifs is 1. The number of aryl methyl sites for hydroxylation is 1. The zero-order chi connectivity index (χ0) is 18.1. The van der Waals surface area contributed by atoms with Gasteiger partial charge in [0.2, 0.25) is 0 Å². The van der Waals surface area contributed by atoms with E-state index in [0.29, 0.717) is 17.9 Å². The first-order valence-corrected chi connectivity index (χ1v) is 8.88. The second kappa shape index (κ2) is 6.84. The van der Waals surface area contributed by atoms with Crippen LogP contribution < -0.4 is 5.32 Å². The molecular weight excluding hydrogens is 328 g/mol. The van der Waals surface area contributed by atoms with Crippen molar-refractivity contribution in [2.75, 3.05) is 13.6 Å². The van der Waals surface area contributed by atoms with E-state index < -0.39 is 0 Å². The second-order valence-corrected chi connectivity index (χ2v) is 6.72. The van der Waals surface area contributed by atoms with Gasteiger partial charge in [0.15, 0.2) is 0 Å². The molecule has 1 aliphatic heterocycles. The maximum atomic E-state index is 13.0. The van der Waals surface area contributed by atoms with Crippen molar-refractivity contribution >= 4 is 16.9 Å². The third kappa shape index (κ3) is 3.06. The van der Waals surface area contributed by atoms with Crippen molar-refractivity contribution in [2.45, 2.75) is 32.4 Å². The van der Waals surface area contributed by atoms with E-state index in [1.54, 1.807) is 12.4 Å². The molecule has 1 atom stereocenters. The van der Waals surface area contributed by atoms with Gasteiger partial charge in [0, 0.05) is 18.9 Å². The van der Waals surface area contributed by atoms with Gasteiger partial charge < -0.3 is 15.2 Å². The summed E-state index contributed by atoms with van der Waals surface area (Å²) in [7, 11) is 1.84. The highest BCUT2D eigenvalue weighted by Crippen LogP contribution is 2.32. The van der Waals surface area contributed by atoms with E-state index in [1.807, 2.05) is 18.0 Å². The van der Waals surface area contributed by atoms with Gasteiger partial charge in [0.25, 0.3) is 5.91 Å². The van der Waals surface area contributed by atoms with Crippen molar-refractivity contribution < 1.29 is 4.79 Å². The van der Waals surface area contributed by atoms with Crippen LogP contribution in [0.2, 0.25) is 0 Å². The predicted octanol–water partition coefficient (Wildman–Crippen LogP) is 2.36. The van der Waals surface area contributed by atoms with Crippen LogP contribution in [0.3, 0.4) is 0 Å². The number of carbonyl (C=O) groups excluding carboxylic acids is 1. The monoisotopic (exact) mass is 350 g/mol. The number of hydrogen-bond acceptors (Lipinski definition) is 5. The Morgan fingerprint density at radius 3 is 2.92 bits per heavy atom. The highest BCUT2D eigenvalue weighted by molar-refractivity contribution is 5.94. The molecule has 0 bridgehead atoms. The second-order valence-electron chi connectivity index (χ2n) is 6.72. The fourth-order valence-corrected chi connectivity index (χ4v) is 3.48. The number of benzene rings is 1. The Balaban J connectivity index is 1.59. The Hall–Kier alpha value is -2.80. The summed E-state index contributed by atoms with van der Waals surface area (Å²) in [4.78, 5) is 31.5. The standard InChI is InChI=1S/C19H22N6O/c1-12-5-6-14-15(8-12)24-18(23-14)16-4-3-7-25(16)19(26)13-9-21-17(11-20-2)22-10-13/h5-6,8-10,16,20H,3-4,7,11H2,1-2H3,(H,23,24). The number of carbonyl (C=O) groups is 1. The predicted molar refractivity (Wildman–Crippen MR) is 98.6 cm³/mol. The molecule has 1 aliphatic rings. The Morgan fingerprint density at radius 2 is 2.15 bits per heavy atom. The lowest BCUT2D eigenvalue weighted by Gasteiger charge is -2.23. The summed E-state index contributed by atoms with van der Waals surface area (Å²) in [6, 6.07) is 6.11. The average Bonchev–Trinajstić information content (AvgIpc) is 3.28. The number of rotatable bonds is 4. The molecule has 2 aromatic heterocycles. The van der Waals surface area contributed by atoms with Gasteiger partial charge in [-0.05, 0) is 44.5 Å². The Kier molecular flexibility index (Phi) is 4.38. The van der Waals surface area contributed by atoms with E-state index in [4.69, 9.17) is 4.98 Å². The summed E-state index contributed by atoms with van der Waals surface area (Å²) in [6.07, 6.45) is 5.09. The molecule has 1 unspecified atom stereocenters. The molecule has 7 nitrogen and oxygen atoms in total. The molecule has 0 saturated carbocycles. The summed E-state index contributed by atoms with van der Waals surface area (Å²) in [5.41, 5.74) is 3.65. The fourth-order valence-electron chi connectivity index (χ4n) is 3.48. The molecule has 0 aliphatic carbocycles. The number of likely N-dealkylation sites (tertiary alicyclic amines) is 1. The van der Waals surface area contributed by atoms with Crippen LogP contribution in [-0.4, -0.2) is 44.3 Å². The van der Waals surface area contributed by atoms with Crippen molar-refractivity contribution in [2.24, 2.45) is 0 Å². The molecule has 0 radical (unpaired) electrons. The van der Waals surface area contributed by atoms with Crippen molar-refractivity contribution in [3.05, 3.63) is 53.4 Å². The average molecular weight is 350 g/mol. The normalized spacial score (nSPS) is 17.2. The number of aromatic amines is 1. The van der Waals surface area contributed by atoms with Crippen LogP contribution in [0.5, 0.6) is 0 Å². The number of imidazole rings is 1. The van der Waals surface area contributed by atoms with Crippen LogP contribution in [0.15, 0.2) is 30.6 Å². The molecule has 134 valence electrons. The molecule has 3 heterocycles. The minimum absolute atomic E-state index is 0.0350. The SMILES string of the molecule is CNCc1ncc(C(=O)N2CCCC2c2nc3ccc(C)cc3[nH]2)cn1. The van der Waals surface area contributed by atoms with Gasteiger partial charge in [-0.3, -0.25) is 4.79 Å². The Bertz CT molecular complexity index is 933. The molecule has 7 heteroatoms. The van der Waals surface area contributed by atoms with Crippen LogP contribution in [0.25, 0.3) is 11.0 Å². The maximum Gasteiger partial charge on any atom is 0.257 e. The third-order valence-corrected chi connectivity index (χ3v) is 4.77. The van der Waals surface area contributed by atoms with E-state index in [9.17, 15) is 4.79 Å². The molecule has 2 N–H and O–H groups in total. The van der Waals surface area contributed by atoms with E-state index in [2.05, 4.69) is 39.3 Å². The van der Waals surface area contributed by atoms with Crippen molar-refractivity contribution in [1.29, 1.82) is 0 Å². The van der Waals surface area contributed by atoms with Crippen molar-refractivity contribution in [3.8, 4) is 0 Å². The summed E-state index contributed by atoms with van der Waals surface area (Å²) in [5, 5.41) is 3.00. The number of amides is 1. The quantitative estimate of drug-likeness (QED) is 0.754. The summed E-state index contributed by atoms with van der Waals surface area (Å²) >= 11 is 0. The fraction of sp³-hybridized carbons (Fsp3) is 0.368. The molecule has 1 saturated heterocycles.